The zero-order chi connectivity index (χ0) is 5.56. The van der Waals surface area contributed by atoms with Gasteiger partial charge in [0.2, 0.25) is 0 Å². The smallest absolute Gasteiger partial charge is 0.140 e. The molecule has 0 saturated heterocycles. The first kappa shape index (κ1) is 4.30. The van der Waals surface area contributed by atoms with Crippen LogP contribution in [-0.4, -0.2) is 5.78 Å². The van der Waals surface area contributed by atoms with Gasteiger partial charge in [-0.15, -0.1) is 0 Å². The van der Waals surface area contributed by atoms with Gasteiger partial charge in [0.25, 0.3) is 0 Å². The number of Topliss-reactive ketones (excluding diaryl/α,β-unsaturated/α-hetero) is 1. The molecule has 1 heteroatoms. The second-order valence-electron chi connectivity index (χ2n) is 2.64. The zero-order valence-corrected chi connectivity index (χ0v) is 4.68. The lowest BCUT2D eigenvalue weighted by atomic mass is 10.1. The minimum Gasteiger partial charge on any atom is -0.299 e. The Morgan fingerprint density at radius 3 is 2.75 bits per heavy atom. The minimum absolute atomic E-state index is 0.407. The molecule has 42 valence electrons. The van der Waals surface area contributed by atoms with Crippen molar-refractivity contribution < 1.29 is 4.79 Å². The van der Waals surface area contributed by atoms with E-state index in [4.69, 9.17) is 0 Å². The second-order valence-corrected chi connectivity index (χ2v) is 2.64. The first-order valence-electron chi connectivity index (χ1n) is 3.07. The molecule has 0 amide bonds. The molecule has 0 N–H and O–H groups in total. The third-order valence-corrected chi connectivity index (χ3v) is 2.06. The molecule has 0 heterocycles. The Balaban J connectivity index is 2.37. The van der Waals surface area contributed by atoms with E-state index in [0.717, 1.165) is 19.3 Å². The summed E-state index contributed by atoms with van der Waals surface area (Å²) in [7, 11) is 0. The SMILES string of the molecule is O=C1CC2=CCC1C2. The van der Waals surface area contributed by atoms with Crippen LogP contribution in [0.25, 0.3) is 0 Å². The van der Waals surface area contributed by atoms with Crippen LogP contribution in [0.1, 0.15) is 19.3 Å². The number of hydrogen-bond acceptors (Lipinski definition) is 1. The number of rotatable bonds is 0. The average molecular weight is 108 g/mol. The Bertz CT molecular complexity index is 167. The normalized spacial score (nSPS) is 33.8. The van der Waals surface area contributed by atoms with Crippen molar-refractivity contribution in [2.24, 2.45) is 5.92 Å². The molecule has 1 unspecified atom stereocenters. The summed E-state index contributed by atoms with van der Waals surface area (Å²) in [4.78, 5) is 10.8. The standard InChI is InChI=1S/C7H8O/c8-7-4-5-1-2-6(7)3-5/h1,6H,2-4H2. The molecule has 2 bridgehead atoms. The molecule has 0 spiro atoms. The molecule has 0 aromatic rings. The Kier molecular flexibility index (Phi) is 0.655. The van der Waals surface area contributed by atoms with Gasteiger partial charge in [0, 0.05) is 12.3 Å². The lowest BCUT2D eigenvalue weighted by Crippen LogP contribution is -2.04. The maximum absolute atomic E-state index is 10.8. The van der Waals surface area contributed by atoms with Crippen molar-refractivity contribution in [2.75, 3.05) is 0 Å². The highest BCUT2D eigenvalue weighted by Crippen LogP contribution is 2.36. The molecule has 2 rings (SSSR count). The Morgan fingerprint density at radius 1 is 1.62 bits per heavy atom. The second kappa shape index (κ2) is 1.22. The van der Waals surface area contributed by atoms with Gasteiger partial charge < -0.3 is 0 Å². The maximum Gasteiger partial charge on any atom is 0.140 e. The zero-order valence-electron chi connectivity index (χ0n) is 4.68. The predicted molar refractivity (Wildman–Crippen MR) is 30.4 cm³/mol. The van der Waals surface area contributed by atoms with Crippen molar-refractivity contribution in [1.29, 1.82) is 0 Å². The summed E-state index contributed by atoms with van der Waals surface area (Å²) in [5, 5.41) is 0. The minimum atomic E-state index is 0.407. The van der Waals surface area contributed by atoms with Crippen LogP contribution in [0.5, 0.6) is 0 Å². The van der Waals surface area contributed by atoms with E-state index in [0.29, 0.717) is 11.7 Å². The van der Waals surface area contributed by atoms with Crippen LogP contribution in [0.4, 0.5) is 0 Å². The molecule has 0 aromatic carbocycles. The topological polar surface area (TPSA) is 17.1 Å². The molecule has 1 fully saturated rings. The first-order chi connectivity index (χ1) is 3.86. The molecule has 1 atom stereocenters. The summed E-state index contributed by atoms with van der Waals surface area (Å²) in [5.41, 5.74) is 1.39. The van der Waals surface area contributed by atoms with Gasteiger partial charge in [0.1, 0.15) is 5.78 Å². The van der Waals surface area contributed by atoms with Gasteiger partial charge in [0.05, 0.1) is 0 Å². The number of carbonyl (C=O) groups is 1. The highest BCUT2D eigenvalue weighted by Gasteiger charge is 2.31. The number of ketones is 1. The van der Waals surface area contributed by atoms with Gasteiger partial charge >= 0.3 is 0 Å². The quantitative estimate of drug-likeness (QED) is 0.427. The molecule has 1 saturated carbocycles. The molecular formula is C7H8O. The van der Waals surface area contributed by atoms with Crippen molar-refractivity contribution in [3.63, 3.8) is 0 Å². The fourth-order valence-corrected chi connectivity index (χ4v) is 1.55. The fraction of sp³-hybridized carbons (Fsp3) is 0.571. The third-order valence-electron chi connectivity index (χ3n) is 2.06. The Morgan fingerprint density at radius 2 is 2.50 bits per heavy atom. The van der Waals surface area contributed by atoms with Crippen molar-refractivity contribution in [3.8, 4) is 0 Å². The number of carbonyl (C=O) groups excluding carboxylic acids is 1. The molecule has 0 aromatic heterocycles. The fourth-order valence-electron chi connectivity index (χ4n) is 1.55. The number of hydrogen-bond donors (Lipinski definition) is 0. The number of allylic oxidation sites excluding steroid dienone is 2. The summed E-state index contributed by atoms with van der Waals surface area (Å²) < 4.78 is 0. The van der Waals surface area contributed by atoms with Gasteiger partial charge in [-0.3, -0.25) is 4.79 Å². The van der Waals surface area contributed by atoms with Crippen molar-refractivity contribution in [2.45, 2.75) is 19.3 Å². The van der Waals surface area contributed by atoms with Crippen LogP contribution < -0.4 is 0 Å². The lowest BCUT2D eigenvalue weighted by Gasteiger charge is -1.98. The van der Waals surface area contributed by atoms with Gasteiger partial charge in [0.15, 0.2) is 0 Å². The predicted octanol–water partition coefficient (Wildman–Crippen LogP) is 1.30. The highest BCUT2D eigenvalue weighted by atomic mass is 16.1. The van der Waals surface area contributed by atoms with Crippen LogP contribution in [0.15, 0.2) is 11.6 Å². The Hall–Kier alpha value is -0.590. The van der Waals surface area contributed by atoms with Crippen LogP contribution in [0, 0.1) is 5.92 Å². The van der Waals surface area contributed by atoms with E-state index in [9.17, 15) is 4.79 Å². The molecule has 0 radical (unpaired) electrons. The highest BCUT2D eigenvalue weighted by molar-refractivity contribution is 5.88. The van der Waals surface area contributed by atoms with Gasteiger partial charge in [-0.25, -0.2) is 0 Å². The van der Waals surface area contributed by atoms with E-state index in [-0.39, 0.29) is 0 Å². The molecule has 1 nitrogen and oxygen atoms in total. The summed E-state index contributed by atoms with van der Waals surface area (Å²) >= 11 is 0. The summed E-state index contributed by atoms with van der Waals surface area (Å²) in [5.74, 6) is 0.882. The van der Waals surface area contributed by atoms with Gasteiger partial charge in [-0.1, -0.05) is 11.6 Å². The lowest BCUT2D eigenvalue weighted by molar-refractivity contribution is -0.120. The van der Waals surface area contributed by atoms with E-state index >= 15 is 0 Å². The summed E-state index contributed by atoms with van der Waals surface area (Å²) in [6.07, 6.45) is 5.10. The molecule has 8 heavy (non-hydrogen) atoms. The van der Waals surface area contributed by atoms with E-state index in [2.05, 4.69) is 6.08 Å². The van der Waals surface area contributed by atoms with Crippen molar-refractivity contribution >= 4 is 5.78 Å². The maximum atomic E-state index is 10.8. The molecule has 2 aliphatic carbocycles. The molecule has 2 aliphatic rings. The summed E-state index contributed by atoms with van der Waals surface area (Å²) in [6, 6.07) is 0. The van der Waals surface area contributed by atoms with E-state index in [1.54, 1.807) is 0 Å². The van der Waals surface area contributed by atoms with Gasteiger partial charge in [-0.05, 0) is 12.8 Å². The summed E-state index contributed by atoms with van der Waals surface area (Å²) in [6.45, 7) is 0. The van der Waals surface area contributed by atoms with Crippen LogP contribution in [0.3, 0.4) is 0 Å². The Labute approximate surface area is 48.4 Å². The van der Waals surface area contributed by atoms with E-state index in [1.165, 1.54) is 5.57 Å². The number of fused-ring (bicyclic) bond motifs is 2. The van der Waals surface area contributed by atoms with Gasteiger partial charge in [-0.2, -0.15) is 0 Å². The van der Waals surface area contributed by atoms with E-state index < -0.39 is 0 Å². The molecular weight excluding hydrogens is 100 g/mol. The van der Waals surface area contributed by atoms with Crippen molar-refractivity contribution in [3.05, 3.63) is 11.6 Å². The third kappa shape index (κ3) is 0.391. The van der Waals surface area contributed by atoms with Crippen molar-refractivity contribution in [1.82, 2.24) is 0 Å². The van der Waals surface area contributed by atoms with Crippen LogP contribution in [-0.2, 0) is 4.79 Å². The average Bonchev–Trinajstić information content (AvgIpc) is 2.23. The first-order valence-corrected chi connectivity index (χ1v) is 3.07. The van der Waals surface area contributed by atoms with Crippen LogP contribution >= 0.6 is 0 Å². The van der Waals surface area contributed by atoms with Crippen LogP contribution in [0.2, 0.25) is 0 Å². The monoisotopic (exact) mass is 108 g/mol. The largest absolute Gasteiger partial charge is 0.299 e. The van der Waals surface area contributed by atoms with E-state index in [1.807, 2.05) is 0 Å². The molecule has 0 aliphatic heterocycles.